The van der Waals surface area contributed by atoms with Gasteiger partial charge in [-0.1, -0.05) is 0 Å². The van der Waals surface area contributed by atoms with Gasteiger partial charge in [-0.2, -0.15) is 13.2 Å². The topological polar surface area (TPSA) is 47.6 Å². The normalized spacial score (nSPS) is 27.3. The van der Waals surface area contributed by atoms with Gasteiger partial charge in [-0.3, -0.25) is 0 Å². The summed E-state index contributed by atoms with van der Waals surface area (Å²) in [6, 6.07) is 0.0690. The Hall–Kier alpha value is -0.940. The second-order valence-electron chi connectivity index (χ2n) is 3.70. The lowest BCUT2D eigenvalue weighted by Crippen LogP contribution is -2.24. The molecule has 0 spiro atoms. The van der Waals surface area contributed by atoms with Crippen LogP contribution in [0.2, 0.25) is 0 Å². The van der Waals surface area contributed by atoms with Crippen LogP contribution in [0.4, 0.5) is 13.2 Å². The van der Waals surface area contributed by atoms with Crippen molar-refractivity contribution in [2.24, 2.45) is 10.7 Å². The molecular weight excluding hydrogens is 197 g/mol. The van der Waals surface area contributed by atoms with Crippen LogP contribution in [0.15, 0.2) is 4.99 Å². The number of nitrogens with two attached hydrogens (primary N) is 1. The van der Waals surface area contributed by atoms with Gasteiger partial charge in [-0.15, -0.1) is 0 Å². The molecule has 0 aliphatic carbocycles. The highest BCUT2D eigenvalue weighted by molar-refractivity contribution is 5.73. The second kappa shape index (κ2) is 3.67. The molecule has 0 aromatic carbocycles. The summed E-state index contributed by atoms with van der Waals surface area (Å²) >= 11 is 0. The average Bonchev–Trinajstić information content (AvgIpc) is 2.28. The van der Waals surface area contributed by atoms with Crippen LogP contribution in [0.5, 0.6) is 0 Å². The fourth-order valence-corrected chi connectivity index (χ4v) is 1.36. The zero-order valence-electron chi connectivity index (χ0n) is 7.90. The van der Waals surface area contributed by atoms with Crippen molar-refractivity contribution in [3.05, 3.63) is 0 Å². The standard InChI is InChI=1S/C8H13F3N2O/c1-7(5-14-6(12)13-7)3-2-4-8(9,10)11/h2-5H2,1H3,(H2,12,13). The third-order valence-corrected chi connectivity index (χ3v) is 2.09. The van der Waals surface area contributed by atoms with E-state index in [4.69, 9.17) is 10.5 Å². The summed E-state index contributed by atoms with van der Waals surface area (Å²) in [5.41, 5.74) is 4.70. The van der Waals surface area contributed by atoms with Gasteiger partial charge in [0.2, 0.25) is 0 Å². The zero-order valence-corrected chi connectivity index (χ0v) is 7.90. The molecule has 6 heteroatoms. The predicted molar refractivity (Wildman–Crippen MR) is 45.9 cm³/mol. The number of hydrogen-bond acceptors (Lipinski definition) is 3. The highest BCUT2D eigenvalue weighted by Crippen LogP contribution is 2.28. The van der Waals surface area contributed by atoms with Crippen molar-refractivity contribution in [2.75, 3.05) is 6.61 Å². The van der Waals surface area contributed by atoms with Crippen LogP contribution in [0.25, 0.3) is 0 Å². The van der Waals surface area contributed by atoms with Crippen molar-refractivity contribution in [1.82, 2.24) is 0 Å². The number of aliphatic imine (C=N–C) groups is 1. The van der Waals surface area contributed by atoms with Crippen LogP contribution in [0.1, 0.15) is 26.2 Å². The summed E-state index contributed by atoms with van der Waals surface area (Å²) in [6.45, 7) is 2.01. The summed E-state index contributed by atoms with van der Waals surface area (Å²) in [4.78, 5) is 3.94. The zero-order chi connectivity index (χ0) is 10.8. The summed E-state index contributed by atoms with van der Waals surface area (Å²) in [7, 11) is 0. The van der Waals surface area contributed by atoms with Crippen LogP contribution in [0.3, 0.4) is 0 Å². The molecule has 2 N–H and O–H groups in total. The molecule has 1 heterocycles. The molecule has 0 fully saturated rings. The minimum absolute atomic E-state index is 0.0557. The third-order valence-electron chi connectivity index (χ3n) is 2.09. The number of rotatable bonds is 3. The Bertz CT molecular complexity index is 239. The fourth-order valence-electron chi connectivity index (χ4n) is 1.36. The molecular formula is C8H13F3N2O. The Labute approximate surface area is 80.1 Å². The highest BCUT2D eigenvalue weighted by atomic mass is 19.4. The minimum atomic E-state index is -4.09. The summed E-state index contributed by atoms with van der Waals surface area (Å²) < 4.78 is 40.4. The van der Waals surface area contributed by atoms with E-state index in [0.29, 0.717) is 6.42 Å². The lowest BCUT2D eigenvalue weighted by molar-refractivity contribution is -0.136. The SMILES string of the molecule is CC1(CCCC(F)(F)F)COC(N)=N1. The quantitative estimate of drug-likeness (QED) is 0.772. The third kappa shape index (κ3) is 3.43. The van der Waals surface area contributed by atoms with Crippen LogP contribution < -0.4 is 5.73 Å². The highest BCUT2D eigenvalue weighted by Gasteiger charge is 2.33. The smallest absolute Gasteiger partial charge is 0.389 e. The van der Waals surface area contributed by atoms with E-state index in [1.165, 1.54) is 0 Å². The van der Waals surface area contributed by atoms with Gasteiger partial charge in [0.1, 0.15) is 6.61 Å². The van der Waals surface area contributed by atoms with Gasteiger partial charge in [0, 0.05) is 6.42 Å². The van der Waals surface area contributed by atoms with Crippen LogP contribution in [-0.4, -0.2) is 24.3 Å². The maximum Gasteiger partial charge on any atom is 0.389 e. The van der Waals surface area contributed by atoms with Gasteiger partial charge >= 0.3 is 6.18 Å². The van der Waals surface area contributed by atoms with E-state index < -0.39 is 18.1 Å². The molecule has 1 unspecified atom stereocenters. The van der Waals surface area contributed by atoms with Crippen LogP contribution >= 0.6 is 0 Å². The molecule has 1 aliphatic heterocycles. The first-order valence-electron chi connectivity index (χ1n) is 4.36. The molecule has 0 saturated carbocycles. The maximum absolute atomic E-state index is 11.8. The Morgan fingerprint density at radius 3 is 2.64 bits per heavy atom. The number of halogens is 3. The van der Waals surface area contributed by atoms with Crippen LogP contribution in [-0.2, 0) is 4.74 Å². The van der Waals surface area contributed by atoms with E-state index in [9.17, 15) is 13.2 Å². The molecule has 14 heavy (non-hydrogen) atoms. The molecule has 1 aliphatic rings. The Kier molecular flexibility index (Phi) is 2.92. The Morgan fingerprint density at radius 2 is 2.21 bits per heavy atom. The first-order chi connectivity index (χ1) is 6.31. The molecule has 0 aromatic rings. The number of amidine groups is 1. The Morgan fingerprint density at radius 1 is 1.57 bits per heavy atom. The van der Waals surface area contributed by atoms with Crippen molar-refractivity contribution < 1.29 is 17.9 Å². The van der Waals surface area contributed by atoms with E-state index in [0.717, 1.165) is 0 Å². The molecule has 0 saturated heterocycles. The molecule has 0 bridgehead atoms. The largest absolute Gasteiger partial charge is 0.463 e. The van der Waals surface area contributed by atoms with Gasteiger partial charge in [-0.25, -0.2) is 4.99 Å². The summed E-state index contributed by atoms with van der Waals surface area (Å²) in [5, 5.41) is 0. The molecule has 0 radical (unpaired) electrons. The van der Waals surface area contributed by atoms with Crippen molar-refractivity contribution in [3.8, 4) is 0 Å². The van der Waals surface area contributed by atoms with E-state index in [1.807, 2.05) is 0 Å². The number of ether oxygens (including phenoxy) is 1. The lowest BCUT2D eigenvalue weighted by Gasteiger charge is -2.17. The van der Waals surface area contributed by atoms with E-state index in [-0.39, 0.29) is 19.0 Å². The van der Waals surface area contributed by atoms with Crippen molar-refractivity contribution in [1.29, 1.82) is 0 Å². The second-order valence-corrected chi connectivity index (χ2v) is 3.70. The predicted octanol–water partition coefficient (Wildman–Crippen LogP) is 1.82. The van der Waals surface area contributed by atoms with Gasteiger partial charge in [0.15, 0.2) is 0 Å². The Balaban J connectivity index is 2.32. The first kappa shape index (κ1) is 11.1. The first-order valence-corrected chi connectivity index (χ1v) is 4.36. The molecule has 0 aromatic heterocycles. The number of alkyl halides is 3. The maximum atomic E-state index is 11.8. The van der Waals surface area contributed by atoms with Gasteiger partial charge in [0.25, 0.3) is 6.02 Å². The van der Waals surface area contributed by atoms with Crippen molar-refractivity contribution in [2.45, 2.75) is 37.9 Å². The molecule has 82 valence electrons. The van der Waals surface area contributed by atoms with E-state index in [2.05, 4.69) is 4.99 Å². The van der Waals surface area contributed by atoms with Gasteiger partial charge in [-0.05, 0) is 19.8 Å². The number of nitrogens with zero attached hydrogens (tertiary/aromatic N) is 1. The lowest BCUT2D eigenvalue weighted by atomic mass is 9.97. The molecule has 0 amide bonds. The van der Waals surface area contributed by atoms with Gasteiger partial charge in [0.05, 0.1) is 5.54 Å². The van der Waals surface area contributed by atoms with E-state index in [1.54, 1.807) is 6.92 Å². The van der Waals surface area contributed by atoms with Crippen molar-refractivity contribution in [3.63, 3.8) is 0 Å². The molecule has 1 rings (SSSR count). The fraction of sp³-hybridized carbons (Fsp3) is 0.875. The van der Waals surface area contributed by atoms with E-state index >= 15 is 0 Å². The van der Waals surface area contributed by atoms with Crippen LogP contribution in [0, 0.1) is 0 Å². The monoisotopic (exact) mass is 210 g/mol. The number of hydrogen-bond donors (Lipinski definition) is 1. The molecule has 3 nitrogen and oxygen atoms in total. The van der Waals surface area contributed by atoms with Gasteiger partial charge < -0.3 is 10.5 Å². The minimum Gasteiger partial charge on any atom is -0.463 e. The molecule has 1 atom stereocenters. The summed E-state index contributed by atoms with van der Waals surface area (Å²) in [5.74, 6) is 0. The van der Waals surface area contributed by atoms with Crippen molar-refractivity contribution >= 4 is 6.02 Å². The average molecular weight is 210 g/mol. The summed E-state index contributed by atoms with van der Waals surface area (Å²) in [6.07, 6.45) is -4.48.